The van der Waals surface area contributed by atoms with Crippen LogP contribution in [0.3, 0.4) is 0 Å². The summed E-state index contributed by atoms with van der Waals surface area (Å²) in [5.74, 6) is 0. The number of benzene rings is 5. The van der Waals surface area contributed by atoms with Gasteiger partial charge in [0.1, 0.15) is 22.2 Å². The molecule has 0 N–H and O–H groups in total. The second kappa shape index (κ2) is 11.4. The van der Waals surface area contributed by atoms with E-state index < -0.39 is 0 Å². The molecule has 5 heterocycles. The van der Waals surface area contributed by atoms with E-state index in [1.807, 2.05) is 85.3 Å². The van der Waals surface area contributed by atoms with Crippen LogP contribution in [0.5, 0.6) is 0 Å². The number of fused-ring (bicyclic) bond motifs is 6. The molecule has 0 aliphatic rings. The minimum atomic E-state index is 0.743. The molecule has 10 rings (SSSR count). The second-order valence-electron chi connectivity index (χ2n) is 12.3. The Morgan fingerprint density at radius 1 is 0.320 bits per heavy atom. The molecule has 50 heavy (non-hydrogen) atoms. The van der Waals surface area contributed by atoms with Crippen molar-refractivity contribution in [2.45, 2.75) is 0 Å². The lowest BCUT2D eigenvalue weighted by atomic mass is 9.93. The van der Waals surface area contributed by atoms with Gasteiger partial charge < -0.3 is 8.83 Å². The smallest absolute Gasteiger partial charge is 0.161 e. The average Bonchev–Trinajstić information content (AvgIpc) is 3.78. The van der Waals surface area contributed by atoms with Crippen molar-refractivity contribution < 1.29 is 8.83 Å². The number of nitrogens with zero attached hydrogens (tertiary/aromatic N) is 3. The highest BCUT2D eigenvalue weighted by Gasteiger charge is 2.21. The molecule has 0 bridgehead atoms. The van der Waals surface area contributed by atoms with E-state index in [4.69, 9.17) is 23.8 Å². The summed E-state index contributed by atoms with van der Waals surface area (Å²) in [6.45, 7) is 0. The number of furan rings is 2. The van der Waals surface area contributed by atoms with Crippen LogP contribution in [-0.4, -0.2) is 15.0 Å². The molecule has 0 radical (unpaired) electrons. The Balaban J connectivity index is 1.19. The molecule has 5 aromatic heterocycles. The molecule has 0 atom stereocenters. The molecule has 0 saturated carbocycles. The van der Waals surface area contributed by atoms with Gasteiger partial charge in [-0.2, -0.15) is 0 Å². The van der Waals surface area contributed by atoms with E-state index in [9.17, 15) is 0 Å². The lowest BCUT2D eigenvalue weighted by Gasteiger charge is -2.13. The third kappa shape index (κ3) is 4.45. The summed E-state index contributed by atoms with van der Waals surface area (Å²) in [7, 11) is 0. The lowest BCUT2D eigenvalue weighted by molar-refractivity contribution is 0.670. The summed E-state index contributed by atoms with van der Waals surface area (Å²) in [5.41, 5.74) is 14.9. The van der Waals surface area contributed by atoms with Crippen LogP contribution in [0.1, 0.15) is 0 Å². The van der Waals surface area contributed by atoms with Crippen molar-refractivity contribution in [1.82, 2.24) is 15.0 Å². The third-order valence-corrected chi connectivity index (χ3v) is 9.49. The van der Waals surface area contributed by atoms with Gasteiger partial charge in [-0.3, -0.25) is 15.0 Å². The van der Waals surface area contributed by atoms with Crippen LogP contribution in [0, 0.1) is 0 Å². The number of para-hydroxylation sites is 2. The van der Waals surface area contributed by atoms with E-state index in [0.717, 1.165) is 99.9 Å². The maximum absolute atomic E-state index is 6.76. The number of aromatic nitrogens is 3. The van der Waals surface area contributed by atoms with E-state index in [0.29, 0.717) is 0 Å². The van der Waals surface area contributed by atoms with Gasteiger partial charge >= 0.3 is 0 Å². The number of pyridine rings is 3. The molecular formula is C45H27N3O2. The normalized spacial score (nSPS) is 11.6. The van der Waals surface area contributed by atoms with Gasteiger partial charge in [-0.25, -0.2) is 0 Å². The zero-order valence-electron chi connectivity index (χ0n) is 26.7. The number of rotatable bonds is 5. The van der Waals surface area contributed by atoms with E-state index in [2.05, 4.69) is 78.9 Å². The first-order valence-electron chi connectivity index (χ1n) is 16.6. The minimum Gasteiger partial charge on any atom is -0.453 e. The van der Waals surface area contributed by atoms with Gasteiger partial charge in [0.2, 0.25) is 0 Å². The standard InChI is InChI=1S/C45H27N3O2/c1-3-11-28(12-4-1)31-15-9-17-36-40-44(49-42(31)36)33(22-25-47-40)30-20-21-34(38(27-30)39-19-7-8-24-46-39)35-23-26-48-41-37-18-10-16-32(43(37)50-45(35)41)29-13-5-2-6-14-29/h1-27H. The summed E-state index contributed by atoms with van der Waals surface area (Å²) in [6, 6.07) is 49.7. The molecule has 234 valence electrons. The van der Waals surface area contributed by atoms with Crippen LogP contribution >= 0.6 is 0 Å². The van der Waals surface area contributed by atoms with Gasteiger partial charge in [0.15, 0.2) is 11.2 Å². The summed E-state index contributed by atoms with van der Waals surface area (Å²) in [6.07, 6.45) is 5.56. The van der Waals surface area contributed by atoms with Crippen molar-refractivity contribution in [3.63, 3.8) is 0 Å². The molecule has 5 aromatic carbocycles. The zero-order valence-corrected chi connectivity index (χ0v) is 26.7. The molecule has 0 unspecified atom stereocenters. The van der Waals surface area contributed by atoms with E-state index in [1.54, 1.807) is 0 Å². The highest BCUT2D eigenvalue weighted by atomic mass is 16.3. The molecule has 10 aromatic rings. The number of hydrogen-bond donors (Lipinski definition) is 0. The first-order chi connectivity index (χ1) is 24.8. The van der Waals surface area contributed by atoms with Crippen molar-refractivity contribution in [2.24, 2.45) is 0 Å². The van der Waals surface area contributed by atoms with Gasteiger partial charge in [-0.05, 0) is 64.7 Å². The van der Waals surface area contributed by atoms with Crippen molar-refractivity contribution in [2.75, 3.05) is 0 Å². The molecule has 0 amide bonds. The summed E-state index contributed by atoms with van der Waals surface area (Å²) < 4.78 is 13.5. The molecular weight excluding hydrogens is 615 g/mol. The van der Waals surface area contributed by atoms with Crippen LogP contribution in [0.15, 0.2) is 173 Å². The van der Waals surface area contributed by atoms with Crippen LogP contribution < -0.4 is 0 Å². The van der Waals surface area contributed by atoms with Crippen LogP contribution in [0.25, 0.3) is 99.9 Å². The fourth-order valence-corrected chi connectivity index (χ4v) is 7.17. The Bertz CT molecular complexity index is 2860. The largest absolute Gasteiger partial charge is 0.453 e. The fourth-order valence-electron chi connectivity index (χ4n) is 7.17. The Kier molecular flexibility index (Phi) is 6.42. The Morgan fingerprint density at radius 3 is 1.48 bits per heavy atom. The van der Waals surface area contributed by atoms with Crippen molar-refractivity contribution in [3.8, 4) is 55.8 Å². The van der Waals surface area contributed by atoms with Gasteiger partial charge in [0, 0.05) is 57.2 Å². The highest BCUT2D eigenvalue weighted by Crippen LogP contribution is 2.44. The first kappa shape index (κ1) is 28.2. The zero-order chi connectivity index (χ0) is 33.0. The summed E-state index contributed by atoms with van der Waals surface area (Å²) in [5, 5.41) is 1.97. The fraction of sp³-hybridized carbons (Fsp3) is 0. The van der Waals surface area contributed by atoms with Gasteiger partial charge in [0.05, 0.1) is 5.69 Å². The summed E-state index contributed by atoms with van der Waals surface area (Å²) >= 11 is 0. The minimum absolute atomic E-state index is 0.743. The molecule has 0 spiro atoms. The lowest BCUT2D eigenvalue weighted by Crippen LogP contribution is -1.91. The first-order valence-corrected chi connectivity index (χ1v) is 16.6. The van der Waals surface area contributed by atoms with Gasteiger partial charge in [0.25, 0.3) is 0 Å². The predicted octanol–water partition coefficient (Wildman–Crippen LogP) is 12.0. The van der Waals surface area contributed by atoms with Crippen molar-refractivity contribution in [3.05, 3.63) is 164 Å². The molecule has 0 aliphatic heterocycles. The summed E-state index contributed by atoms with van der Waals surface area (Å²) in [4.78, 5) is 14.4. The SMILES string of the molecule is c1ccc(-c2cccc3c2oc2c(-c4ccc(-c5ccnc6c5oc5c(-c7ccccc7)cccc56)c(-c5ccccn5)c4)ccnc23)cc1. The van der Waals surface area contributed by atoms with Gasteiger partial charge in [-0.15, -0.1) is 0 Å². The quantitative estimate of drug-likeness (QED) is 0.187. The highest BCUT2D eigenvalue weighted by molar-refractivity contribution is 6.13. The van der Waals surface area contributed by atoms with Crippen molar-refractivity contribution in [1.29, 1.82) is 0 Å². The third-order valence-electron chi connectivity index (χ3n) is 9.49. The Hall–Kier alpha value is -6.85. The van der Waals surface area contributed by atoms with E-state index >= 15 is 0 Å². The molecule has 5 heteroatoms. The van der Waals surface area contributed by atoms with Crippen LogP contribution in [-0.2, 0) is 0 Å². The van der Waals surface area contributed by atoms with Crippen LogP contribution in [0.2, 0.25) is 0 Å². The maximum Gasteiger partial charge on any atom is 0.161 e. The van der Waals surface area contributed by atoms with Crippen LogP contribution in [0.4, 0.5) is 0 Å². The topological polar surface area (TPSA) is 65.0 Å². The molecule has 0 saturated heterocycles. The predicted molar refractivity (Wildman–Crippen MR) is 202 cm³/mol. The molecule has 5 nitrogen and oxygen atoms in total. The monoisotopic (exact) mass is 641 g/mol. The Labute approximate surface area is 287 Å². The van der Waals surface area contributed by atoms with E-state index in [-0.39, 0.29) is 0 Å². The molecule has 0 aliphatic carbocycles. The second-order valence-corrected chi connectivity index (χ2v) is 12.3. The van der Waals surface area contributed by atoms with E-state index in [1.165, 1.54) is 0 Å². The maximum atomic E-state index is 6.76. The Morgan fingerprint density at radius 2 is 0.880 bits per heavy atom. The number of hydrogen-bond acceptors (Lipinski definition) is 5. The average molecular weight is 642 g/mol. The van der Waals surface area contributed by atoms with Gasteiger partial charge in [-0.1, -0.05) is 103 Å². The molecule has 0 fully saturated rings. The van der Waals surface area contributed by atoms with Crippen molar-refractivity contribution >= 4 is 44.1 Å².